The maximum atomic E-state index is 15.8. The number of aromatic nitrogens is 2. The first-order chi connectivity index (χ1) is 33.6. The molecule has 1 unspecified atom stereocenters. The molecular weight excluding hydrogens is 954 g/mol. The van der Waals surface area contributed by atoms with E-state index in [4.69, 9.17) is 4.43 Å². The van der Waals surface area contributed by atoms with Gasteiger partial charge in [-0.15, -0.1) is 0 Å². The van der Waals surface area contributed by atoms with Crippen LogP contribution >= 0.6 is 0 Å². The number of anilines is 2. The SMILES string of the molecule is CC(C)(C)[Si](C)(C)O[C@H](CCN1CC2(C1)CN(c1ccc(-c3cnc4[nH]cc(C(=O)c5c(F)ccc(NS(=O)(=O)N6CCC(F)C6)c5F)c4c3)cc1)C2)c1ccc2c(c1)CN([C@H]1CCC(=O)NC1=O)C2=O. The highest BCUT2D eigenvalue weighted by molar-refractivity contribution is 7.90. The average Bonchev–Trinajstić information content (AvgIpc) is 4.02. The Hall–Kier alpha value is -5.93. The Kier molecular flexibility index (Phi) is 12.3. The summed E-state index contributed by atoms with van der Waals surface area (Å²) in [6.07, 6.45) is 2.72. The summed E-state index contributed by atoms with van der Waals surface area (Å²) in [6.45, 7) is 15.6. The monoisotopic (exact) mass is 1010 g/mol. The van der Waals surface area contributed by atoms with Crippen LogP contribution < -0.4 is 14.9 Å². The molecule has 15 nitrogen and oxygen atoms in total. The zero-order chi connectivity index (χ0) is 50.4. The van der Waals surface area contributed by atoms with Crippen LogP contribution in [-0.4, -0.2) is 122 Å². The Morgan fingerprint density at radius 2 is 1.73 bits per heavy atom. The predicted octanol–water partition coefficient (Wildman–Crippen LogP) is 7.48. The number of nitrogens with one attached hydrogen (secondary N) is 3. The molecule has 4 saturated heterocycles. The van der Waals surface area contributed by atoms with Crippen LogP contribution in [0.1, 0.15) is 90.0 Å². The number of carbonyl (C=O) groups is 4. The van der Waals surface area contributed by atoms with Gasteiger partial charge in [-0.2, -0.15) is 12.7 Å². The standard InChI is InChI=1S/C51H57F3N8O7SSi/c1-50(2,3)71(4,5)69-42(31-8-11-36-33(20-31)24-62(49(36)66)41-14-15-43(63)57-48(41)65)17-18-59-26-51(27-59)28-60(29-51)35-9-6-30(7-10-35)32-21-37-38(23-56-47(37)55-22-32)46(64)44-39(53)12-13-40(45(44)54)58-70(67,68)61-19-16-34(52)25-61/h6-13,20-23,34,41-42,58H,14-19,24-29H2,1-5H3,(H,55,56)(H,57,63,65)/t34?,41-,42+/m0/s1. The number of carbonyl (C=O) groups excluding carboxylic acids is 4. The van der Waals surface area contributed by atoms with Crippen LogP contribution in [0, 0.1) is 17.0 Å². The summed E-state index contributed by atoms with van der Waals surface area (Å²) in [6, 6.07) is 16.7. The van der Waals surface area contributed by atoms with Crippen molar-refractivity contribution in [1.82, 2.24) is 29.4 Å². The average molecular weight is 1010 g/mol. The number of H-pyrrole nitrogens is 1. The molecule has 1 spiro atoms. The number of halogens is 3. The fourth-order valence-corrected chi connectivity index (χ4v) is 13.0. The van der Waals surface area contributed by atoms with Crippen molar-refractivity contribution in [1.29, 1.82) is 0 Å². The molecule has 7 heterocycles. The van der Waals surface area contributed by atoms with E-state index >= 15 is 8.78 Å². The molecule has 0 aliphatic carbocycles. The molecule has 3 amide bonds. The summed E-state index contributed by atoms with van der Waals surface area (Å²) in [4.78, 5) is 65.5. The van der Waals surface area contributed by atoms with Gasteiger partial charge in [0.25, 0.3) is 5.91 Å². The van der Waals surface area contributed by atoms with E-state index in [0.29, 0.717) is 35.1 Å². The lowest BCUT2D eigenvalue weighted by atomic mass is 9.72. The summed E-state index contributed by atoms with van der Waals surface area (Å²) in [5.41, 5.74) is 3.90. The van der Waals surface area contributed by atoms with Crippen molar-refractivity contribution in [3.05, 3.63) is 113 Å². The van der Waals surface area contributed by atoms with Crippen molar-refractivity contribution >= 4 is 64.4 Å². The molecule has 2 aromatic heterocycles. The summed E-state index contributed by atoms with van der Waals surface area (Å²) < 4.78 is 80.4. The third-order valence-corrected chi connectivity index (χ3v) is 21.3. The third-order valence-electron chi connectivity index (χ3n) is 15.4. The van der Waals surface area contributed by atoms with Crippen molar-refractivity contribution < 1.29 is 45.2 Å². The van der Waals surface area contributed by atoms with Crippen LogP contribution in [0.5, 0.6) is 0 Å². The molecule has 4 fully saturated rings. The number of aromatic amines is 1. The van der Waals surface area contributed by atoms with Gasteiger partial charge < -0.3 is 24.1 Å². The van der Waals surface area contributed by atoms with E-state index in [1.165, 1.54) is 6.20 Å². The Balaban J connectivity index is 0.770. The molecular formula is C51H57F3N8O7SSi. The quantitative estimate of drug-likeness (QED) is 0.0575. The number of nitrogens with zero attached hydrogens (tertiary/aromatic N) is 5. The van der Waals surface area contributed by atoms with Gasteiger partial charge in [0.2, 0.25) is 17.6 Å². The number of fused-ring (bicyclic) bond motifs is 2. The third kappa shape index (κ3) is 9.17. The number of rotatable bonds is 14. The second-order valence-electron chi connectivity index (χ2n) is 21.4. The zero-order valence-electron chi connectivity index (χ0n) is 40.3. The number of amides is 3. The number of hydrogen-bond acceptors (Lipinski definition) is 10. The molecule has 5 aliphatic rings. The smallest absolute Gasteiger partial charge is 0.301 e. The molecule has 5 aromatic rings. The van der Waals surface area contributed by atoms with Crippen molar-refractivity contribution in [2.24, 2.45) is 5.41 Å². The van der Waals surface area contributed by atoms with Crippen molar-refractivity contribution in [3.63, 3.8) is 0 Å². The lowest BCUT2D eigenvalue weighted by Gasteiger charge is -2.61. The fourth-order valence-electron chi connectivity index (χ4n) is 10.4. The molecule has 374 valence electrons. The first kappa shape index (κ1) is 48.7. The van der Waals surface area contributed by atoms with E-state index in [9.17, 15) is 32.0 Å². The number of alkyl halides is 1. The Morgan fingerprint density at radius 1 is 0.986 bits per heavy atom. The normalized spacial score (nSPS) is 21.1. The van der Waals surface area contributed by atoms with E-state index in [0.717, 1.165) is 78.0 Å². The van der Waals surface area contributed by atoms with Crippen LogP contribution in [0.15, 0.2) is 73.1 Å². The number of hydrogen-bond donors (Lipinski definition) is 3. The molecule has 3 aromatic carbocycles. The van der Waals surface area contributed by atoms with Gasteiger partial charge in [-0.1, -0.05) is 45.0 Å². The van der Waals surface area contributed by atoms with Crippen LogP contribution in [0.4, 0.5) is 24.5 Å². The number of benzene rings is 3. The second-order valence-corrected chi connectivity index (χ2v) is 27.8. The van der Waals surface area contributed by atoms with Crippen LogP contribution in [-0.2, 0) is 30.8 Å². The van der Waals surface area contributed by atoms with Crippen LogP contribution in [0.25, 0.3) is 22.2 Å². The zero-order valence-corrected chi connectivity index (χ0v) is 42.1. The van der Waals surface area contributed by atoms with E-state index in [-0.39, 0.29) is 53.3 Å². The number of likely N-dealkylation sites (tertiary alicyclic amines) is 1. The molecule has 10 rings (SSSR count). The molecule has 0 bridgehead atoms. The van der Waals surface area contributed by atoms with Gasteiger partial charge in [-0.25, -0.2) is 18.2 Å². The van der Waals surface area contributed by atoms with Crippen molar-refractivity contribution in [2.75, 3.05) is 55.4 Å². The lowest BCUT2D eigenvalue weighted by molar-refractivity contribution is -0.136. The summed E-state index contributed by atoms with van der Waals surface area (Å²) in [5.74, 6) is -4.50. The van der Waals surface area contributed by atoms with Crippen LogP contribution in [0.3, 0.4) is 0 Å². The van der Waals surface area contributed by atoms with E-state index in [1.807, 2.05) is 41.1 Å². The highest BCUT2D eigenvalue weighted by Gasteiger charge is 2.52. The second kappa shape index (κ2) is 18.0. The molecule has 0 saturated carbocycles. The number of ketones is 1. The number of piperidine rings is 1. The van der Waals surface area contributed by atoms with Gasteiger partial charge >= 0.3 is 10.2 Å². The number of imide groups is 1. The largest absolute Gasteiger partial charge is 0.410 e. The van der Waals surface area contributed by atoms with E-state index in [1.54, 1.807) is 17.2 Å². The van der Waals surface area contributed by atoms with Crippen molar-refractivity contribution in [3.8, 4) is 11.1 Å². The van der Waals surface area contributed by atoms with Gasteiger partial charge in [0.05, 0.1) is 17.4 Å². The maximum Gasteiger partial charge on any atom is 0.301 e. The maximum absolute atomic E-state index is 15.8. The van der Waals surface area contributed by atoms with Gasteiger partial charge in [0.15, 0.2) is 14.1 Å². The fraction of sp³-hybridized carbons (Fsp3) is 0.431. The molecule has 0 radical (unpaired) electrons. The highest BCUT2D eigenvalue weighted by Crippen LogP contribution is 2.45. The molecule has 3 atom stereocenters. The Bertz CT molecular complexity index is 3100. The molecule has 3 N–H and O–H groups in total. The topological polar surface area (TPSA) is 177 Å². The van der Waals surface area contributed by atoms with Crippen molar-refractivity contribution in [2.45, 2.75) is 89.4 Å². The molecule has 20 heteroatoms. The summed E-state index contributed by atoms with van der Waals surface area (Å²) in [7, 11) is -6.58. The van der Waals surface area contributed by atoms with Gasteiger partial charge in [0.1, 0.15) is 23.7 Å². The van der Waals surface area contributed by atoms with Gasteiger partial charge in [-0.3, -0.25) is 29.2 Å². The first-order valence-electron chi connectivity index (χ1n) is 24.0. The minimum atomic E-state index is -4.37. The Morgan fingerprint density at radius 3 is 2.42 bits per heavy atom. The first-order valence-corrected chi connectivity index (χ1v) is 28.4. The van der Waals surface area contributed by atoms with E-state index in [2.05, 4.69) is 65.0 Å². The summed E-state index contributed by atoms with van der Waals surface area (Å²) in [5, 5.41) is 2.69. The van der Waals surface area contributed by atoms with Gasteiger partial charge in [-0.05, 0) is 90.5 Å². The predicted molar refractivity (Wildman–Crippen MR) is 264 cm³/mol. The Labute approximate surface area is 411 Å². The van der Waals surface area contributed by atoms with E-state index < -0.39 is 71.9 Å². The van der Waals surface area contributed by atoms with Gasteiger partial charge in [0, 0.05) is 104 Å². The van der Waals surface area contributed by atoms with Crippen LogP contribution in [0.2, 0.25) is 18.1 Å². The molecule has 5 aliphatic heterocycles. The minimum Gasteiger partial charge on any atom is -0.410 e. The molecule has 71 heavy (non-hydrogen) atoms. The lowest BCUT2D eigenvalue weighted by Crippen LogP contribution is -2.72. The number of pyridine rings is 1. The highest BCUT2D eigenvalue weighted by atomic mass is 32.2. The minimum absolute atomic E-state index is 0.000925. The summed E-state index contributed by atoms with van der Waals surface area (Å²) >= 11 is 0.